The van der Waals surface area contributed by atoms with Crippen molar-refractivity contribution in [2.75, 3.05) is 5.32 Å². The van der Waals surface area contributed by atoms with Gasteiger partial charge in [-0.25, -0.2) is 0 Å². The van der Waals surface area contributed by atoms with E-state index in [4.69, 9.17) is 0 Å². The maximum absolute atomic E-state index is 12.8. The van der Waals surface area contributed by atoms with Gasteiger partial charge in [0.15, 0.2) is 0 Å². The number of hydrogen-bond acceptors (Lipinski definition) is 4. The van der Waals surface area contributed by atoms with E-state index >= 15 is 0 Å². The number of carbonyl (C=O) groups is 3. The van der Waals surface area contributed by atoms with Crippen molar-refractivity contribution in [3.63, 3.8) is 0 Å². The molecule has 2 heterocycles. The van der Waals surface area contributed by atoms with Gasteiger partial charge in [0.25, 0.3) is 11.8 Å². The van der Waals surface area contributed by atoms with Crippen LogP contribution in [-0.2, 0) is 4.79 Å². The van der Waals surface area contributed by atoms with Crippen LogP contribution >= 0.6 is 0 Å². The van der Waals surface area contributed by atoms with Crippen molar-refractivity contribution in [3.05, 3.63) is 41.6 Å². The third-order valence-corrected chi connectivity index (χ3v) is 4.02. The van der Waals surface area contributed by atoms with Gasteiger partial charge in [0, 0.05) is 17.4 Å². The summed E-state index contributed by atoms with van der Waals surface area (Å²) in [6, 6.07) is 4.48. The summed E-state index contributed by atoms with van der Waals surface area (Å²) in [4.78, 5) is 38.7. The predicted molar refractivity (Wildman–Crippen MR) is 86.0 cm³/mol. The van der Waals surface area contributed by atoms with Gasteiger partial charge in [-0.15, -0.1) is 0 Å². The minimum absolute atomic E-state index is 0.125. The number of nitrogens with zero attached hydrogens (tertiary/aromatic N) is 1. The number of anilines is 1. The number of nitrogens with one attached hydrogen (secondary N) is 2. The van der Waals surface area contributed by atoms with Gasteiger partial charge in [0.2, 0.25) is 5.91 Å². The normalized spacial score (nSPS) is 20.8. The molecule has 1 aromatic rings. The quantitative estimate of drug-likeness (QED) is 0.835. The molecule has 1 atom stereocenters. The second kappa shape index (κ2) is 5.53. The summed E-state index contributed by atoms with van der Waals surface area (Å²) >= 11 is 0. The summed E-state index contributed by atoms with van der Waals surface area (Å²) in [5, 5.41) is 5.81. The Bertz CT molecular complexity index is 724. The molecule has 2 aliphatic rings. The van der Waals surface area contributed by atoms with Crippen molar-refractivity contribution in [1.82, 2.24) is 10.2 Å². The zero-order valence-corrected chi connectivity index (χ0v) is 13.2. The predicted octanol–water partition coefficient (Wildman–Crippen LogP) is 1.90. The molecule has 6 heteroatoms. The van der Waals surface area contributed by atoms with Gasteiger partial charge in [-0.2, -0.15) is 0 Å². The third-order valence-electron chi connectivity index (χ3n) is 4.02. The zero-order chi connectivity index (χ0) is 16.7. The molecule has 120 valence electrons. The van der Waals surface area contributed by atoms with Gasteiger partial charge in [-0.3, -0.25) is 19.3 Å². The van der Waals surface area contributed by atoms with Gasteiger partial charge in [-0.05, 0) is 38.8 Å². The van der Waals surface area contributed by atoms with Crippen LogP contribution in [0.1, 0.15) is 47.4 Å². The van der Waals surface area contributed by atoms with Gasteiger partial charge < -0.3 is 10.6 Å². The molecular weight excluding hydrogens is 294 g/mol. The van der Waals surface area contributed by atoms with Crippen molar-refractivity contribution in [2.45, 2.75) is 38.8 Å². The lowest BCUT2D eigenvalue weighted by Gasteiger charge is -2.29. The van der Waals surface area contributed by atoms with Crippen LogP contribution in [0.4, 0.5) is 5.69 Å². The fourth-order valence-electron chi connectivity index (χ4n) is 3.03. The second-order valence-corrected chi connectivity index (χ2v) is 6.15. The molecule has 3 rings (SSSR count). The van der Waals surface area contributed by atoms with Crippen LogP contribution in [0, 0.1) is 0 Å². The molecule has 0 aromatic heterocycles. The Labute approximate surface area is 134 Å². The highest BCUT2D eigenvalue weighted by Crippen LogP contribution is 2.33. The van der Waals surface area contributed by atoms with E-state index in [9.17, 15) is 14.4 Å². The van der Waals surface area contributed by atoms with E-state index in [-0.39, 0.29) is 11.9 Å². The van der Waals surface area contributed by atoms with Crippen LogP contribution in [0.2, 0.25) is 0 Å². The van der Waals surface area contributed by atoms with Crippen LogP contribution in [0.5, 0.6) is 0 Å². The lowest BCUT2D eigenvalue weighted by Crippen LogP contribution is -2.51. The van der Waals surface area contributed by atoms with Gasteiger partial charge in [-0.1, -0.05) is 12.6 Å². The number of rotatable bonds is 3. The highest BCUT2D eigenvalue weighted by Gasteiger charge is 2.44. The molecule has 2 aliphatic heterocycles. The Morgan fingerprint density at radius 2 is 2.00 bits per heavy atom. The van der Waals surface area contributed by atoms with E-state index in [0.717, 1.165) is 4.90 Å². The number of fused-ring (bicyclic) bond motifs is 1. The standard InChI is InChI=1S/C17H19N3O3/c1-9(2)18-12-6-4-5-11-14(12)17(23)20(16(11)22)13-8-7-10(3)19-15(13)21/h4-6,9,13,18H,3,7-8H2,1-2H3,(H,19,21)/t13-/m1/s1. The van der Waals surface area contributed by atoms with Crippen molar-refractivity contribution in [3.8, 4) is 0 Å². The lowest BCUT2D eigenvalue weighted by molar-refractivity contribution is -0.125. The molecule has 0 spiro atoms. The highest BCUT2D eigenvalue weighted by atomic mass is 16.2. The van der Waals surface area contributed by atoms with Crippen LogP contribution in [0.15, 0.2) is 30.5 Å². The molecule has 0 unspecified atom stereocenters. The number of carbonyl (C=O) groups excluding carboxylic acids is 3. The first-order valence-electron chi connectivity index (χ1n) is 7.66. The molecule has 1 fully saturated rings. The summed E-state index contributed by atoms with van der Waals surface area (Å²) in [6.45, 7) is 7.63. The molecule has 1 aromatic carbocycles. The van der Waals surface area contributed by atoms with E-state index in [2.05, 4.69) is 17.2 Å². The van der Waals surface area contributed by atoms with E-state index in [1.54, 1.807) is 18.2 Å². The van der Waals surface area contributed by atoms with E-state index in [1.807, 2.05) is 13.8 Å². The molecular formula is C17H19N3O3. The summed E-state index contributed by atoms with van der Waals surface area (Å²) in [6.07, 6.45) is 0.962. The fourth-order valence-corrected chi connectivity index (χ4v) is 3.03. The molecule has 3 amide bonds. The molecule has 0 radical (unpaired) electrons. The molecule has 2 N–H and O–H groups in total. The van der Waals surface area contributed by atoms with Gasteiger partial charge >= 0.3 is 0 Å². The first kappa shape index (κ1) is 15.3. The largest absolute Gasteiger partial charge is 0.382 e. The molecule has 1 saturated heterocycles. The Morgan fingerprint density at radius 3 is 2.65 bits per heavy atom. The van der Waals surface area contributed by atoms with E-state index < -0.39 is 17.9 Å². The first-order chi connectivity index (χ1) is 10.9. The van der Waals surface area contributed by atoms with Crippen LogP contribution in [0.25, 0.3) is 0 Å². The Balaban J connectivity index is 1.98. The maximum atomic E-state index is 12.8. The number of allylic oxidation sites excluding steroid dienone is 1. The van der Waals surface area contributed by atoms with Crippen molar-refractivity contribution in [2.24, 2.45) is 0 Å². The monoisotopic (exact) mass is 313 g/mol. The van der Waals surface area contributed by atoms with Crippen molar-refractivity contribution < 1.29 is 14.4 Å². The lowest BCUT2D eigenvalue weighted by atomic mass is 10.0. The smallest absolute Gasteiger partial charge is 0.264 e. The number of piperidine rings is 1. The molecule has 0 aliphatic carbocycles. The molecule has 23 heavy (non-hydrogen) atoms. The van der Waals surface area contributed by atoms with E-state index in [0.29, 0.717) is 35.4 Å². The van der Waals surface area contributed by atoms with Crippen molar-refractivity contribution >= 4 is 23.4 Å². The number of amides is 3. The minimum Gasteiger partial charge on any atom is -0.382 e. The Hall–Kier alpha value is -2.63. The van der Waals surface area contributed by atoms with Crippen LogP contribution in [0.3, 0.4) is 0 Å². The summed E-state index contributed by atoms with van der Waals surface area (Å²) in [7, 11) is 0. The average Bonchev–Trinajstić information content (AvgIpc) is 2.72. The fraction of sp³-hybridized carbons (Fsp3) is 0.353. The topological polar surface area (TPSA) is 78.5 Å². The number of hydrogen-bond donors (Lipinski definition) is 2. The summed E-state index contributed by atoms with van der Waals surface area (Å²) < 4.78 is 0. The Morgan fingerprint density at radius 1 is 1.26 bits per heavy atom. The maximum Gasteiger partial charge on any atom is 0.264 e. The highest BCUT2D eigenvalue weighted by molar-refractivity contribution is 6.25. The molecule has 0 saturated carbocycles. The molecule has 0 bridgehead atoms. The van der Waals surface area contributed by atoms with E-state index in [1.165, 1.54) is 0 Å². The third kappa shape index (κ3) is 2.50. The number of imide groups is 1. The average molecular weight is 313 g/mol. The second-order valence-electron chi connectivity index (χ2n) is 6.15. The zero-order valence-electron chi connectivity index (χ0n) is 13.2. The van der Waals surface area contributed by atoms with Gasteiger partial charge in [0.1, 0.15) is 6.04 Å². The summed E-state index contributed by atoms with van der Waals surface area (Å²) in [5.41, 5.74) is 1.94. The first-order valence-corrected chi connectivity index (χ1v) is 7.66. The van der Waals surface area contributed by atoms with Crippen molar-refractivity contribution in [1.29, 1.82) is 0 Å². The van der Waals surface area contributed by atoms with Crippen LogP contribution < -0.4 is 10.6 Å². The van der Waals surface area contributed by atoms with Crippen LogP contribution in [-0.4, -0.2) is 34.7 Å². The SMILES string of the molecule is C=C1CC[C@@H](N2C(=O)c3cccc(NC(C)C)c3C2=O)C(=O)N1. The minimum atomic E-state index is -0.778. The molecule has 6 nitrogen and oxygen atoms in total. The van der Waals surface area contributed by atoms with Gasteiger partial charge in [0.05, 0.1) is 11.1 Å². The Kier molecular flexibility index (Phi) is 3.67. The number of benzene rings is 1. The summed E-state index contributed by atoms with van der Waals surface area (Å²) in [5.74, 6) is -1.18.